The van der Waals surface area contributed by atoms with E-state index >= 15 is 0 Å². The molecule has 2 aromatic carbocycles. The van der Waals surface area contributed by atoms with Gasteiger partial charge in [0.1, 0.15) is 11.2 Å². The molecule has 3 amide bonds. The summed E-state index contributed by atoms with van der Waals surface area (Å²) in [5.74, 6) is -1.34. The van der Waals surface area contributed by atoms with Gasteiger partial charge in [-0.3, -0.25) is 4.79 Å². The van der Waals surface area contributed by atoms with Crippen molar-refractivity contribution in [3.05, 3.63) is 120 Å². The number of amides is 3. The molecule has 0 radical (unpaired) electrons. The number of hydrogen-bond acceptors (Lipinski definition) is 10. The summed E-state index contributed by atoms with van der Waals surface area (Å²) in [6, 6.07) is 24.5. The van der Waals surface area contributed by atoms with Gasteiger partial charge in [0.2, 0.25) is 0 Å². The average Bonchev–Trinajstić information content (AvgIpc) is 3.18. The zero-order valence-corrected chi connectivity index (χ0v) is 34.6. The summed E-state index contributed by atoms with van der Waals surface area (Å²) < 4.78 is 10.7. The van der Waals surface area contributed by atoms with E-state index in [0.29, 0.717) is 55.7 Å². The number of carbonyl (C=O) groups is 4. The first kappa shape index (κ1) is 43.2. The molecule has 0 spiro atoms. The van der Waals surface area contributed by atoms with E-state index in [-0.39, 0.29) is 11.5 Å². The molecular formula is C45H49N7O7. The van der Waals surface area contributed by atoms with Crippen molar-refractivity contribution >= 4 is 46.1 Å². The Bertz CT molecular complexity index is 2480. The molecule has 0 fully saturated rings. The molecule has 6 aromatic rings. The summed E-state index contributed by atoms with van der Waals surface area (Å²) >= 11 is 0. The lowest BCUT2D eigenvalue weighted by atomic mass is 9.92. The Balaban J connectivity index is 0.000000224. The van der Waals surface area contributed by atoms with Crippen LogP contribution in [-0.4, -0.2) is 67.4 Å². The van der Waals surface area contributed by atoms with Crippen molar-refractivity contribution in [1.29, 1.82) is 0 Å². The lowest BCUT2D eigenvalue weighted by Crippen LogP contribution is -2.34. The standard InChI is InChI=1S/C23H26N4O3.C22H23N3O4/c1-14(26-22(29)30-23(2,3)4)19-17(15-10-7-6-8-11-15)18(21(28)24-5)16-12-9-13-25-20(16)27-19;1-13(24-21(28)29-22(2,3)4)18-16(14-9-6-5-7-10-14)17(20(26)27)15-11-8-12-23-19(15)25-18/h6-14H,1-5H3,(H,24,28)(H,26,29);5-13H,1-4H3,(H,24,28)(H,26,27). The van der Waals surface area contributed by atoms with Crippen molar-refractivity contribution in [2.75, 3.05) is 7.05 Å². The Hall–Kier alpha value is -6.96. The minimum Gasteiger partial charge on any atom is -0.478 e. The van der Waals surface area contributed by atoms with E-state index in [4.69, 9.17) is 14.5 Å². The van der Waals surface area contributed by atoms with Crippen molar-refractivity contribution in [1.82, 2.24) is 35.9 Å². The number of ether oxygens (including phenoxy) is 2. The Kier molecular flexibility index (Phi) is 13.2. The summed E-state index contributed by atoms with van der Waals surface area (Å²) in [7, 11) is 1.59. The molecule has 6 rings (SSSR count). The number of hydrogen-bond donors (Lipinski definition) is 4. The highest BCUT2D eigenvalue weighted by molar-refractivity contribution is 6.11. The van der Waals surface area contributed by atoms with E-state index in [9.17, 15) is 24.3 Å². The van der Waals surface area contributed by atoms with Crippen molar-refractivity contribution < 1.29 is 33.8 Å². The number of alkyl carbamates (subject to hydrolysis) is 2. The quantitative estimate of drug-likeness (QED) is 0.115. The van der Waals surface area contributed by atoms with E-state index in [1.54, 1.807) is 93.0 Å². The third kappa shape index (κ3) is 10.7. The molecule has 4 heterocycles. The molecule has 0 saturated carbocycles. The maximum atomic E-state index is 12.9. The van der Waals surface area contributed by atoms with Crippen LogP contribution >= 0.6 is 0 Å². The summed E-state index contributed by atoms with van der Waals surface area (Å²) in [5.41, 5.74) is 3.58. The number of aromatic nitrogens is 4. The van der Waals surface area contributed by atoms with Crippen LogP contribution in [0.3, 0.4) is 0 Å². The Labute approximate surface area is 342 Å². The molecule has 2 atom stereocenters. The van der Waals surface area contributed by atoms with Crippen LogP contribution in [0.5, 0.6) is 0 Å². The molecule has 0 aliphatic rings. The van der Waals surface area contributed by atoms with Gasteiger partial charge in [0.05, 0.1) is 34.6 Å². The van der Waals surface area contributed by atoms with Crippen molar-refractivity contribution in [3.8, 4) is 22.3 Å². The number of pyridine rings is 4. The third-order valence-corrected chi connectivity index (χ3v) is 8.66. The number of fused-ring (bicyclic) bond motifs is 2. The van der Waals surface area contributed by atoms with Crippen LogP contribution in [0.2, 0.25) is 0 Å². The van der Waals surface area contributed by atoms with Gasteiger partial charge in [-0.1, -0.05) is 60.7 Å². The van der Waals surface area contributed by atoms with Crippen LogP contribution < -0.4 is 16.0 Å². The average molecular weight is 800 g/mol. The fourth-order valence-corrected chi connectivity index (χ4v) is 6.34. The summed E-state index contributed by atoms with van der Waals surface area (Å²) in [6.07, 6.45) is 2.02. The Morgan fingerprint density at radius 2 is 0.983 bits per heavy atom. The number of nitrogens with one attached hydrogen (secondary N) is 3. The first-order chi connectivity index (χ1) is 27.9. The maximum absolute atomic E-state index is 12.9. The highest BCUT2D eigenvalue weighted by Crippen LogP contribution is 2.36. The fourth-order valence-electron chi connectivity index (χ4n) is 6.34. The third-order valence-electron chi connectivity index (χ3n) is 8.66. The predicted molar refractivity (Wildman–Crippen MR) is 226 cm³/mol. The number of nitrogens with zero attached hydrogens (tertiary/aromatic N) is 4. The second-order valence-electron chi connectivity index (χ2n) is 15.6. The van der Waals surface area contributed by atoms with E-state index < -0.39 is 41.4 Å². The van der Waals surface area contributed by atoms with Crippen LogP contribution in [0, 0.1) is 0 Å². The van der Waals surface area contributed by atoms with Gasteiger partial charge < -0.3 is 30.5 Å². The zero-order valence-electron chi connectivity index (χ0n) is 34.6. The SMILES string of the molecule is CC(NC(=O)OC(C)(C)C)c1nc2ncccc2c(C(=O)O)c1-c1ccccc1.CNC(=O)c1c(-c2ccccc2)c(C(C)NC(=O)OC(C)(C)C)nc2ncccc12. The monoisotopic (exact) mass is 799 g/mol. The van der Waals surface area contributed by atoms with Crippen molar-refractivity contribution in [2.45, 2.75) is 78.7 Å². The molecule has 306 valence electrons. The Morgan fingerprint density at radius 1 is 0.593 bits per heavy atom. The Morgan fingerprint density at radius 3 is 1.36 bits per heavy atom. The summed E-state index contributed by atoms with van der Waals surface area (Å²) in [5, 5.41) is 19.4. The first-order valence-corrected chi connectivity index (χ1v) is 19.0. The smallest absolute Gasteiger partial charge is 0.408 e. The second-order valence-corrected chi connectivity index (χ2v) is 15.6. The van der Waals surface area contributed by atoms with Crippen LogP contribution in [0.25, 0.3) is 44.3 Å². The topological polar surface area (TPSA) is 195 Å². The van der Waals surface area contributed by atoms with Crippen molar-refractivity contribution in [2.24, 2.45) is 0 Å². The number of rotatable bonds is 8. The van der Waals surface area contributed by atoms with Crippen molar-refractivity contribution in [3.63, 3.8) is 0 Å². The van der Waals surface area contributed by atoms with E-state index in [1.165, 1.54) is 0 Å². The highest BCUT2D eigenvalue weighted by Gasteiger charge is 2.28. The molecule has 59 heavy (non-hydrogen) atoms. The van der Waals surface area contributed by atoms with Gasteiger partial charge in [-0.2, -0.15) is 0 Å². The van der Waals surface area contributed by atoms with Crippen LogP contribution in [0.15, 0.2) is 97.3 Å². The molecule has 0 aliphatic heterocycles. The molecule has 14 heteroatoms. The molecule has 4 aromatic heterocycles. The van der Waals surface area contributed by atoms with Gasteiger partial charge in [-0.05, 0) is 90.8 Å². The van der Waals surface area contributed by atoms with Gasteiger partial charge in [0.15, 0.2) is 11.3 Å². The highest BCUT2D eigenvalue weighted by atomic mass is 16.6. The lowest BCUT2D eigenvalue weighted by molar-refractivity contribution is 0.0495. The number of carbonyl (C=O) groups excluding carboxylic acids is 3. The van der Waals surface area contributed by atoms with E-state index in [1.807, 2.05) is 66.7 Å². The minimum absolute atomic E-state index is 0.0992. The number of carboxylic acids is 1. The van der Waals surface area contributed by atoms with E-state index in [2.05, 4.69) is 30.9 Å². The minimum atomic E-state index is -1.09. The zero-order chi connectivity index (χ0) is 43.1. The lowest BCUT2D eigenvalue weighted by Gasteiger charge is -2.24. The molecule has 0 bridgehead atoms. The van der Waals surface area contributed by atoms with Gasteiger partial charge in [-0.25, -0.2) is 34.3 Å². The number of benzene rings is 2. The second kappa shape index (κ2) is 18.1. The van der Waals surface area contributed by atoms with E-state index in [0.717, 1.165) is 5.56 Å². The summed E-state index contributed by atoms with van der Waals surface area (Å²) in [6.45, 7) is 14.3. The largest absolute Gasteiger partial charge is 0.478 e. The fraction of sp³-hybridized carbons (Fsp3) is 0.289. The summed E-state index contributed by atoms with van der Waals surface area (Å²) in [4.78, 5) is 67.7. The van der Waals surface area contributed by atoms with Gasteiger partial charge >= 0.3 is 18.2 Å². The van der Waals surface area contributed by atoms with Gasteiger partial charge in [0.25, 0.3) is 5.91 Å². The molecular weight excluding hydrogens is 751 g/mol. The van der Waals surface area contributed by atoms with Gasteiger partial charge in [0, 0.05) is 41.3 Å². The molecule has 14 nitrogen and oxygen atoms in total. The number of aromatic carboxylic acids is 1. The predicted octanol–water partition coefficient (Wildman–Crippen LogP) is 8.82. The maximum Gasteiger partial charge on any atom is 0.408 e. The molecule has 2 unspecified atom stereocenters. The molecule has 0 saturated heterocycles. The molecule has 0 aliphatic carbocycles. The normalized spacial score (nSPS) is 12.4. The first-order valence-electron chi connectivity index (χ1n) is 19.0. The van der Waals surface area contributed by atoms with Crippen LogP contribution in [-0.2, 0) is 9.47 Å². The molecule has 4 N–H and O–H groups in total. The van der Waals surface area contributed by atoms with Crippen LogP contribution in [0.1, 0.15) is 99.6 Å². The number of carboxylic acid groups (broad SMARTS) is 1. The van der Waals surface area contributed by atoms with Crippen LogP contribution in [0.4, 0.5) is 9.59 Å². The van der Waals surface area contributed by atoms with Gasteiger partial charge in [-0.15, -0.1) is 0 Å².